The number of morpholine rings is 1. The second-order valence-corrected chi connectivity index (χ2v) is 8.98. The van der Waals surface area contributed by atoms with Gasteiger partial charge in [-0.2, -0.15) is 0 Å². The van der Waals surface area contributed by atoms with E-state index in [0.717, 1.165) is 28.4 Å². The topological polar surface area (TPSA) is 60.8 Å². The molecule has 2 atom stereocenters. The number of rotatable bonds is 5. The van der Waals surface area contributed by atoms with E-state index in [0.29, 0.717) is 35.6 Å². The first-order valence-electron chi connectivity index (χ1n) is 10.5. The quantitative estimate of drug-likeness (QED) is 0.609. The van der Waals surface area contributed by atoms with Crippen LogP contribution in [0.2, 0.25) is 0 Å². The molecule has 30 heavy (non-hydrogen) atoms. The Morgan fingerprint density at radius 2 is 1.93 bits per heavy atom. The number of benzene rings is 1. The monoisotopic (exact) mass is 428 g/mol. The van der Waals surface area contributed by atoms with Crippen molar-refractivity contribution in [1.82, 2.24) is 9.47 Å². The summed E-state index contributed by atoms with van der Waals surface area (Å²) in [6.45, 7) is 7.75. The third-order valence-electron chi connectivity index (χ3n) is 5.60. The number of pyridine rings is 1. The summed E-state index contributed by atoms with van der Waals surface area (Å²) in [4.78, 5) is 29.2. The highest BCUT2D eigenvalue weighted by Crippen LogP contribution is 2.40. The average Bonchev–Trinajstić information content (AvgIpc) is 3.12. The fourth-order valence-corrected chi connectivity index (χ4v) is 5.57. The maximum absolute atomic E-state index is 13.5. The number of thiophene rings is 1. The number of carbonyl (C=O) groups excluding carboxylic acids is 1. The number of hydrogen-bond donors (Lipinski definition) is 0. The van der Waals surface area contributed by atoms with Crippen LogP contribution in [0.4, 0.5) is 0 Å². The van der Waals surface area contributed by atoms with E-state index in [9.17, 15) is 9.59 Å². The van der Waals surface area contributed by atoms with Crippen LogP contribution in [-0.2, 0) is 11.3 Å². The van der Waals surface area contributed by atoms with Gasteiger partial charge in [0, 0.05) is 25.0 Å². The van der Waals surface area contributed by atoms with Gasteiger partial charge in [0.1, 0.15) is 10.3 Å². The summed E-state index contributed by atoms with van der Waals surface area (Å²) in [6.07, 6.45) is 1.86. The first kappa shape index (κ1) is 20.9. The number of methoxy groups -OCH3 is 1. The Balaban J connectivity index is 1.93. The van der Waals surface area contributed by atoms with Crippen LogP contribution in [0.1, 0.15) is 43.3 Å². The number of aromatic nitrogens is 1. The zero-order valence-electron chi connectivity index (χ0n) is 17.9. The summed E-state index contributed by atoms with van der Waals surface area (Å²) in [5.74, 6) is 0.298. The molecule has 0 bridgehead atoms. The molecule has 1 saturated heterocycles. The predicted molar refractivity (Wildman–Crippen MR) is 121 cm³/mol. The number of aryl methyl sites for hydroxylation is 1. The van der Waals surface area contributed by atoms with Gasteiger partial charge >= 0.3 is 0 Å². The van der Waals surface area contributed by atoms with Gasteiger partial charge in [-0.1, -0.05) is 31.5 Å². The van der Waals surface area contributed by atoms with Gasteiger partial charge in [-0.15, -0.1) is 11.3 Å². The lowest BCUT2D eigenvalue weighted by atomic mass is 10.1. The molecule has 3 heterocycles. The normalized spacial score (nSPS) is 19.5. The zero-order valence-corrected chi connectivity index (χ0v) is 18.8. The van der Waals surface area contributed by atoms with Crippen molar-refractivity contribution in [2.24, 2.45) is 0 Å². The highest BCUT2D eigenvalue weighted by atomic mass is 32.1. The highest BCUT2D eigenvalue weighted by Gasteiger charge is 2.31. The lowest BCUT2D eigenvalue weighted by Crippen LogP contribution is -2.48. The number of carbonyl (C=O) groups is 1. The summed E-state index contributed by atoms with van der Waals surface area (Å²) < 4.78 is 14.1. The van der Waals surface area contributed by atoms with Gasteiger partial charge in [-0.3, -0.25) is 9.59 Å². The predicted octanol–water partition coefficient (Wildman–Crippen LogP) is 4.27. The van der Waals surface area contributed by atoms with Crippen molar-refractivity contribution in [2.45, 2.75) is 52.4 Å². The molecule has 0 radical (unpaired) electrons. The Morgan fingerprint density at radius 3 is 2.60 bits per heavy atom. The first-order chi connectivity index (χ1) is 14.5. The van der Waals surface area contributed by atoms with Crippen molar-refractivity contribution in [3.8, 4) is 5.75 Å². The van der Waals surface area contributed by atoms with E-state index in [4.69, 9.17) is 9.47 Å². The van der Waals surface area contributed by atoms with Gasteiger partial charge in [0.05, 0.1) is 29.5 Å². The van der Waals surface area contributed by atoms with E-state index in [1.165, 1.54) is 18.4 Å². The molecule has 1 fully saturated rings. The number of ether oxygens (including phenoxy) is 2. The highest BCUT2D eigenvalue weighted by molar-refractivity contribution is 7.22. The first-order valence-corrected chi connectivity index (χ1v) is 11.3. The van der Waals surface area contributed by atoms with E-state index < -0.39 is 0 Å². The molecule has 6 nitrogen and oxygen atoms in total. The minimum absolute atomic E-state index is 0.0230. The largest absolute Gasteiger partial charge is 0.494 e. The van der Waals surface area contributed by atoms with E-state index in [1.54, 1.807) is 0 Å². The number of hydrogen-bond acceptors (Lipinski definition) is 5. The van der Waals surface area contributed by atoms with Crippen LogP contribution in [0.25, 0.3) is 21.0 Å². The number of fused-ring (bicyclic) bond motifs is 3. The minimum Gasteiger partial charge on any atom is -0.494 e. The Hall–Kier alpha value is -2.38. The van der Waals surface area contributed by atoms with Gasteiger partial charge < -0.3 is 18.9 Å². The second kappa shape index (κ2) is 8.40. The van der Waals surface area contributed by atoms with Crippen molar-refractivity contribution < 1.29 is 14.3 Å². The third-order valence-corrected chi connectivity index (χ3v) is 6.80. The molecule has 4 rings (SSSR count). The molecule has 1 aliphatic heterocycles. The van der Waals surface area contributed by atoms with Gasteiger partial charge in [0.2, 0.25) is 0 Å². The average molecular weight is 429 g/mol. The summed E-state index contributed by atoms with van der Waals surface area (Å²) in [5.41, 5.74) is 0.813. The number of amides is 1. The lowest BCUT2D eigenvalue weighted by molar-refractivity contribution is -0.0585. The van der Waals surface area contributed by atoms with Gasteiger partial charge in [-0.25, -0.2) is 0 Å². The summed E-state index contributed by atoms with van der Waals surface area (Å²) >= 11 is 1.36. The van der Waals surface area contributed by atoms with Crippen molar-refractivity contribution in [3.05, 3.63) is 39.5 Å². The fraction of sp³-hybridized carbons (Fsp3) is 0.478. The molecule has 0 aliphatic carbocycles. The molecule has 2 aromatic heterocycles. The Morgan fingerprint density at radius 1 is 1.23 bits per heavy atom. The standard InChI is InChI=1S/C23H28N2O4S/c1-5-6-11-25-17-10-8-7-9-16(17)20-18(22(25)26)19(28-4)21(30-20)23(27)24-12-14(2)29-15(3)13-24/h7-10,14-15H,5-6,11-13H2,1-4H3. The van der Waals surface area contributed by atoms with E-state index in [2.05, 4.69) is 6.92 Å². The molecule has 0 N–H and O–H groups in total. The Kier molecular flexibility index (Phi) is 5.84. The number of nitrogens with zero attached hydrogens (tertiary/aromatic N) is 2. The van der Waals surface area contributed by atoms with Gasteiger partial charge in [-0.05, 0) is 26.3 Å². The van der Waals surface area contributed by atoms with Crippen LogP contribution in [0.5, 0.6) is 5.75 Å². The maximum Gasteiger partial charge on any atom is 0.267 e. The third kappa shape index (κ3) is 3.50. The molecule has 2 unspecified atom stereocenters. The molecule has 1 amide bonds. The second-order valence-electron chi connectivity index (χ2n) is 7.96. The Bertz CT molecular complexity index is 1140. The molecule has 1 aromatic carbocycles. The molecular formula is C23H28N2O4S. The van der Waals surface area contributed by atoms with E-state index >= 15 is 0 Å². The number of para-hydroxylation sites is 1. The van der Waals surface area contributed by atoms with E-state index in [-0.39, 0.29) is 23.7 Å². The van der Waals surface area contributed by atoms with Crippen LogP contribution in [0.3, 0.4) is 0 Å². The van der Waals surface area contributed by atoms with Crippen molar-refractivity contribution >= 4 is 38.2 Å². The van der Waals surface area contributed by atoms with Crippen molar-refractivity contribution in [1.29, 1.82) is 0 Å². The van der Waals surface area contributed by atoms with Crippen molar-refractivity contribution in [3.63, 3.8) is 0 Å². The van der Waals surface area contributed by atoms with Crippen LogP contribution in [0.15, 0.2) is 29.1 Å². The maximum atomic E-state index is 13.5. The SMILES string of the molecule is CCCCn1c(=O)c2c(OC)c(C(=O)N3CC(C)OC(C)C3)sc2c2ccccc21. The lowest BCUT2D eigenvalue weighted by Gasteiger charge is -2.35. The van der Waals surface area contributed by atoms with E-state index in [1.807, 2.05) is 47.6 Å². The van der Waals surface area contributed by atoms with Crippen LogP contribution in [-0.4, -0.2) is 47.8 Å². The molecule has 0 saturated carbocycles. The van der Waals surface area contributed by atoms with Gasteiger partial charge in [0.25, 0.3) is 11.5 Å². The summed E-state index contributed by atoms with van der Waals surface area (Å²) in [7, 11) is 1.54. The van der Waals surface area contributed by atoms with Crippen molar-refractivity contribution in [2.75, 3.05) is 20.2 Å². The summed E-state index contributed by atoms with van der Waals surface area (Å²) in [5, 5.41) is 1.49. The van der Waals surface area contributed by atoms with Gasteiger partial charge in [0.15, 0.2) is 5.75 Å². The van der Waals surface area contributed by atoms with Crippen LogP contribution < -0.4 is 10.3 Å². The molecule has 7 heteroatoms. The fourth-order valence-electron chi connectivity index (χ4n) is 4.31. The molecule has 1 aliphatic rings. The van der Waals surface area contributed by atoms with Crippen LogP contribution in [0, 0.1) is 0 Å². The summed E-state index contributed by atoms with van der Waals surface area (Å²) in [6, 6.07) is 7.91. The minimum atomic E-state index is -0.0985. The molecular weight excluding hydrogens is 400 g/mol. The number of unbranched alkanes of at least 4 members (excludes halogenated alkanes) is 1. The Labute approximate surface area is 180 Å². The smallest absolute Gasteiger partial charge is 0.267 e. The molecule has 160 valence electrons. The zero-order chi connectivity index (χ0) is 21.4. The molecule has 3 aromatic rings. The molecule has 0 spiro atoms. The van der Waals surface area contributed by atoms with Crippen LogP contribution >= 0.6 is 11.3 Å².